The van der Waals surface area contributed by atoms with Crippen LogP contribution in [-0.4, -0.2) is 44.2 Å². The molecular weight excluding hydrogens is 294 g/mol. The van der Waals surface area contributed by atoms with E-state index in [1.807, 2.05) is 19.1 Å². The van der Waals surface area contributed by atoms with Gasteiger partial charge in [-0.3, -0.25) is 9.59 Å². The van der Waals surface area contributed by atoms with Crippen LogP contribution in [0.4, 0.5) is 0 Å². The largest absolute Gasteiger partial charge is 0.390 e. The monoisotopic (exact) mass is 315 g/mol. The van der Waals surface area contributed by atoms with Crippen LogP contribution in [0.3, 0.4) is 0 Å². The number of aliphatic hydroxyl groups is 1. The zero-order valence-corrected chi connectivity index (χ0v) is 13.6. The molecule has 2 aromatic rings. The number of piperidine rings is 1. The van der Waals surface area contributed by atoms with E-state index < -0.39 is 11.2 Å². The highest BCUT2D eigenvalue weighted by atomic mass is 16.3. The number of hydrogen-bond acceptors (Lipinski definition) is 4. The molecule has 1 saturated heterocycles. The van der Waals surface area contributed by atoms with Crippen molar-refractivity contribution in [2.75, 3.05) is 13.1 Å². The Morgan fingerprint density at radius 2 is 2.09 bits per heavy atom. The average Bonchev–Trinajstić information content (AvgIpc) is 2.53. The zero-order valence-electron chi connectivity index (χ0n) is 13.6. The number of carbonyl (C=O) groups is 1. The highest BCUT2D eigenvalue weighted by molar-refractivity contribution is 5.94. The van der Waals surface area contributed by atoms with Crippen LogP contribution in [0.5, 0.6) is 0 Å². The summed E-state index contributed by atoms with van der Waals surface area (Å²) in [5, 5.41) is 10.2. The third-order valence-corrected chi connectivity index (χ3v) is 4.92. The number of hydrogen-bond donors (Lipinski definition) is 1. The van der Waals surface area contributed by atoms with E-state index in [-0.39, 0.29) is 17.5 Å². The topological polar surface area (TPSA) is 75.4 Å². The molecule has 1 aromatic carbocycles. The lowest BCUT2D eigenvalue weighted by Crippen LogP contribution is -2.51. The Labute approximate surface area is 134 Å². The van der Waals surface area contributed by atoms with Gasteiger partial charge in [0, 0.05) is 26.1 Å². The van der Waals surface area contributed by atoms with Gasteiger partial charge in [-0.25, -0.2) is 4.98 Å². The fourth-order valence-electron chi connectivity index (χ4n) is 2.98. The van der Waals surface area contributed by atoms with Gasteiger partial charge in [0.1, 0.15) is 0 Å². The number of amides is 1. The van der Waals surface area contributed by atoms with E-state index >= 15 is 0 Å². The summed E-state index contributed by atoms with van der Waals surface area (Å²) < 4.78 is 1.46. The van der Waals surface area contributed by atoms with Gasteiger partial charge < -0.3 is 14.6 Å². The molecule has 0 saturated carbocycles. The van der Waals surface area contributed by atoms with Crippen molar-refractivity contribution in [1.82, 2.24) is 14.5 Å². The van der Waals surface area contributed by atoms with Crippen molar-refractivity contribution >= 4 is 16.9 Å². The predicted molar refractivity (Wildman–Crippen MR) is 87.3 cm³/mol. The number of rotatable bonds is 1. The first-order valence-electron chi connectivity index (χ1n) is 7.78. The molecule has 1 aromatic heterocycles. The maximum absolute atomic E-state index is 12.7. The van der Waals surface area contributed by atoms with Crippen molar-refractivity contribution < 1.29 is 9.90 Å². The van der Waals surface area contributed by atoms with E-state index in [1.165, 1.54) is 4.57 Å². The van der Waals surface area contributed by atoms with Crippen molar-refractivity contribution in [2.24, 2.45) is 13.0 Å². The number of fused-ring (bicyclic) bond motifs is 1. The standard InChI is InChI=1S/C17H21N3O3/c1-11-10-20(9-8-17(11,2)23)16(22)14-15(21)19(3)13-7-5-4-6-12(13)18-14/h4-7,11,23H,8-10H2,1-3H3/t11-,17+/m0/s1. The van der Waals surface area contributed by atoms with Crippen molar-refractivity contribution in [3.05, 3.63) is 40.3 Å². The second-order valence-corrected chi connectivity index (χ2v) is 6.57. The number of carbonyl (C=O) groups excluding carboxylic acids is 1. The SMILES string of the molecule is C[C@H]1CN(C(=O)c2nc3ccccc3n(C)c2=O)CC[C@@]1(C)O. The molecule has 0 bridgehead atoms. The summed E-state index contributed by atoms with van der Waals surface area (Å²) in [6, 6.07) is 7.25. The molecule has 2 atom stereocenters. The lowest BCUT2D eigenvalue weighted by Gasteiger charge is -2.40. The van der Waals surface area contributed by atoms with Gasteiger partial charge in [-0.2, -0.15) is 0 Å². The van der Waals surface area contributed by atoms with Gasteiger partial charge >= 0.3 is 0 Å². The highest BCUT2D eigenvalue weighted by Crippen LogP contribution is 2.27. The number of para-hydroxylation sites is 2. The highest BCUT2D eigenvalue weighted by Gasteiger charge is 2.37. The van der Waals surface area contributed by atoms with Crippen LogP contribution < -0.4 is 5.56 Å². The first-order valence-corrected chi connectivity index (χ1v) is 7.78. The van der Waals surface area contributed by atoms with Crippen LogP contribution in [0.2, 0.25) is 0 Å². The lowest BCUT2D eigenvalue weighted by molar-refractivity contribution is -0.0441. The van der Waals surface area contributed by atoms with Crippen molar-refractivity contribution in [2.45, 2.75) is 25.9 Å². The number of aryl methyl sites for hydroxylation is 1. The van der Waals surface area contributed by atoms with E-state index in [0.717, 1.165) is 0 Å². The number of aromatic nitrogens is 2. The summed E-state index contributed by atoms with van der Waals surface area (Å²) in [6.07, 6.45) is 0.494. The minimum atomic E-state index is -0.779. The number of likely N-dealkylation sites (tertiary alicyclic amines) is 1. The molecule has 6 heteroatoms. The van der Waals surface area contributed by atoms with Gasteiger partial charge in [0.15, 0.2) is 5.69 Å². The van der Waals surface area contributed by atoms with Crippen LogP contribution in [0.1, 0.15) is 30.8 Å². The quantitative estimate of drug-likeness (QED) is 0.857. The Bertz CT molecular complexity index is 825. The molecule has 23 heavy (non-hydrogen) atoms. The third-order valence-electron chi connectivity index (χ3n) is 4.92. The second kappa shape index (κ2) is 5.45. The van der Waals surface area contributed by atoms with Crippen LogP contribution in [-0.2, 0) is 7.05 Å². The molecule has 6 nitrogen and oxygen atoms in total. The molecule has 1 aliphatic rings. The maximum atomic E-state index is 12.7. The molecule has 1 fully saturated rings. The van der Waals surface area contributed by atoms with Gasteiger partial charge in [0.05, 0.1) is 16.6 Å². The van der Waals surface area contributed by atoms with Gasteiger partial charge in [-0.05, 0) is 25.5 Å². The van der Waals surface area contributed by atoms with E-state index in [2.05, 4.69) is 4.98 Å². The molecule has 1 N–H and O–H groups in total. The lowest BCUT2D eigenvalue weighted by atomic mass is 9.84. The fourth-order valence-corrected chi connectivity index (χ4v) is 2.98. The molecule has 0 aliphatic carbocycles. The Balaban J connectivity index is 1.99. The molecule has 0 unspecified atom stereocenters. The molecule has 3 rings (SSSR count). The van der Waals surface area contributed by atoms with Crippen molar-refractivity contribution in [1.29, 1.82) is 0 Å². The van der Waals surface area contributed by atoms with Gasteiger partial charge in [-0.1, -0.05) is 19.1 Å². The van der Waals surface area contributed by atoms with Crippen molar-refractivity contribution in [3.63, 3.8) is 0 Å². The first-order chi connectivity index (χ1) is 10.8. The third kappa shape index (κ3) is 2.63. The second-order valence-electron chi connectivity index (χ2n) is 6.57. The van der Waals surface area contributed by atoms with Crippen LogP contribution in [0.25, 0.3) is 11.0 Å². The zero-order chi connectivity index (χ0) is 16.8. The van der Waals surface area contributed by atoms with Gasteiger partial charge in [0.2, 0.25) is 0 Å². The number of nitrogens with zero attached hydrogens (tertiary/aromatic N) is 3. The summed E-state index contributed by atoms with van der Waals surface area (Å²) in [4.78, 5) is 31.1. The molecule has 0 radical (unpaired) electrons. The van der Waals surface area contributed by atoms with Crippen LogP contribution >= 0.6 is 0 Å². The van der Waals surface area contributed by atoms with Crippen molar-refractivity contribution in [3.8, 4) is 0 Å². The summed E-state index contributed by atoms with van der Waals surface area (Å²) in [7, 11) is 1.65. The minimum Gasteiger partial charge on any atom is -0.390 e. The molecule has 122 valence electrons. The molecule has 2 heterocycles. The summed E-state index contributed by atoms with van der Waals surface area (Å²) in [5.41, 5.74) is 0.0936. The smallest absolute Gasteiger partial charge is 0.282 e. The molecule has 1 amide bonds. The Morgan fingerprint density at radius 1 is 1.39 bits per heavy atom. The number of benzene rings is 1. The van der Waals surface area contributed by atoms with E-state index in [4.69, 9.17) is 0 Å². The van der Waals surface area contributed by atoms with Crippen LogP contribution in [0, 0.1) is 5.92 Å². The summed E-state index contributed by atoms with van der Waals surface area (Å²) in [5.74, 6) is -0.414. The Hall–Kier alpha value is -2.21. The summed E-state index contributed by atoms with van der Waals surface area (Å²) in [6.45, 7) is 4.54. The maximum Gasteiger partial charge on any atom is 0.282 e. The average molecular weight is 315 g/mol. The van der Waals surface area contributed by atoms with Crippen LogP contribution in [0.15, 0.2) is 29.1 Å². The first kappa shape index (κ1) is 15.7. The van der Waals surface area contributed by atoms with E-state index in [1.54, 1.807) is 31.0 Å². The molecular formula is C17H21N3O3. The Kier molecular flexibility index (Phi) is 3.72. The normalized spacial score (nSPS) is 24.9. The minimum absolute atomic E-state index is 0.0514. The molecule has 1 aliphatic heterocycles. The van der Waals surface area contributed by atoms with Gasteiger partial charge in [-0.15, -0.1) is 0 Å². The summed E-state index contributed by atoms with van der Waals surface area (Å²) >= 11 is 0. The predicted octanol–water partition coefficient (Wildman–Crippen LogP) is 1.17. The van der Waals surface area contributed by atoms with E-state index in [0.29, 0.717) is 30.5 Å². The Morgan fingerprint density at radius 3 is 2.78 bits per heavy atom. The van der Waals surface area contributed by atoms with E-state index in [9.17, 15) is 14.7 Å². The molecule has 0 spiro atoms. The van der Waals surface area contributed by atoms with Gasteiger partial charge in [0.25, 0.3) is 11.5 Å². The fraction of sp³-hybridized carbons (Fsp3) is 0.471.